The first kappa shape index (κ1) is 26.1. The van der Waals surface area contributed by atoms with Crippen LogP contribution in [0.3, 0.4) is 0 Å². The van der Waals surface area contributed by atoms with Gasteiger partial charge in [-0.2, -0.15) is 0 Å². The van der Waals surface area contributed by atoms with Gasteiger partial charge in [0.25, 0.3) is 0 Å². The summed E-state index contributed by atoms with van der Waals surface area (Å²) in [6.45, 7) is 10.6. The van der Waals surface area contributed by atoms with Gasteiger partial charge in [0.15, 0.2) is 5.78 Å². The van der Waals surface area contributed by atoms with Crippen molar-refractivity contribution in [3.05, 3.63) is 0 Å². The largest absolute Gasteiger partial charge is 0.371 e. The molecule has 0 amide bonds. The van der Waals surface area contributed by atoms with E-state index in [9.17, 15) is 4.79 Å². The van der Waals surface area contributed by atoms with Crippen molar-refractivity contribution >= 4 is 14.7 Å². The molecule has 0 spiro atoms. The highest BCUT2D eigenvalue weighted by molar-refractivity contribution is 7.29. The van der Waals surface area contributed by atoms with Crippen LogP contribution in [-0.2, 0) is 14.1 Å². The SMILES string of the molecule is CC(C)OCC(=O)CNPOCCCC1CCC2C3CCC4CCCCC4(C)C3CCC12C. The van der Waals surface area contributed by atoms with E-state index in [-0.39, 0.29) is 27.5 Å². The van der Waals surface area contributed by atoms with E-state index in [4.69, 9.17) is 9.26 Å². The summed E-state index contributed by atoms with van der Waals surface area (Å²) in [5, 5.41) is 3.12. The topological polar surface area (TPSA) is 47.6 Å². The first-order chi connectivity index (χ1) is 15.8. The summed E-state index contributed by atoms with van der Waals surface area (Å²) in [4.78, 5) is 11.7. The molecule has 4 aliphatic carbocycles. The summed E-state index contributed by atoms with van der Waals surface area (Å²) < 4.78 is 11.2. The molecule has 0 aromatic carbocycles. The highest BCUT2D eigenvalue weighted by Gasteiger charge is 2.59. The van der Waals surface area contributed by atoms with Crippen molar-refractivity contribution in [1.82, 2.24) is 5.09 Å². The number of Topliss-reactive ketones (excluding diaryl/α,β-unsaturated/α-hetero) is 1. The lowest BCUT2D eigenvalue weighted by atomic mass is 9.45. The van der Waals surface area contributed by atoms with Crippen LogP contribution >= 0.6 is 8.96 Å². The standard InChI is InChI=1S/C28H50NO3P/c1-20(2)31-19-23(30)18-29-33-32-17-7-9-22-11-13-25-24-12-10-21-8-5-6-15-27(21,3)26(24)14-16-28(22,25)4/h20-22,24-26,29,33H,5-19H2,1-4H3. The molecule has 190 valence electrons. The van der Waals surface area contributed by atoms with Gasteiger partial charge >= 0.3 is 0 Å². The van der Waals surface area contributed by atoms with Gasteiger partial charge in [-0.25, -0.2) is 0 Å². The Morgan fingerprint density at radius 3 is 2.64 bits per heavy atom. The van der Waals surface area contributed by atoms with Gasteiger partial charge in [-0.15, -0.1) is 0 Å². The quantitative estimate of drug-likeness (QED) is 0.258. The second-order valence-corrected chi connectivity index (χ2v) is 13.4. The third-order valence-corrected chi connectivity index (χ3v) is 11.3. The zero-order chi connectivity index (χ0) is 23.5. The molecule has 0 heterocycles. The van der Waals surface area contributed by atoms with E-state index >= 15 is 0 Å². The van der Waals surface area contributed by atoms with E-state index in [1.165, 1.54) is 70.6 Å². The molecule has 4 saturated carbocycles. The number of ketones is 1. The molecule has 0 bridgehead atoms. The lowest BCUT2D eigenvalue weighted by Crippen LogP contribution is -2.52. The third kappa shape index (κ3) is 5.71. The predicted molar refractivity (Wildman–Crippen MR) is 137 cm³/mol. The van der Waals surface area contributed by atoms with E-state index in [0.717, 1.165) is 42.6 Å². The van der Waals surface area contributed by atoms with Crippen LogP contribution in [0.1, 0.15) is 105 Å². The van der Waals surface area contributed by atoms with Crippen molar-refractivity contribution in [3.8, 4) is 0 Å². The summed E-state index contributed by atoms with van der Waals surface area (Å²) in [5.41, 5.74) is 1.23. The molecule has 0 saturated heterocycles. The highest BCUT2D eigenvalue weighted by atomic mass is 31.1. The van der Waals surface area contributed by atoms with E-state index in [2.05, 4.69) is 18.9 Å². The molecule has 33 heavy (non-hydrogen) atoms. The van der Waals surface area contributed by atoms with Gasteiger partial charge in [-0.05, 0) is 118 Å². The Morgan fingerprint density at radius 2 is 1.82 bits per heavy atom. The molecule has 0 aliphatic heterocycles. The zero-order valence-corrected chi connectivity index (χ0v) is 22.8. The summed E-state index contributed by atoms with van der Waals surface area (Å²) >= 11 is 0. The number of hydrogen-bond donors (Lipinski definition) is 1. The van der Waals surface area contributed by atoms with Gasteiger partial charge in [0.05, 0.1) is 28.2 Å². The molecule has 0 aromatic rings. The van der Waals surface area contributed by atoms with Crippen LogP contribution < -0.4 is 5.09 Å². The fourth-order valence-corrected chi connectivity index (χ4v) is 9.45. The van der Waals surface area contributed by atoms with Gasteiger partial charge in [-0.1, -0.05) is 26.7 Å². The average Bonchev–Trinajstić information content (AvgIpc) is 3.13. The Hall–Kier alpha value is -0.0200. The van der Waals surface area contributed by atoms with Crippen molar-refractivity contribution in [2.24, 2.45) is 40.4 Å². The van der Waals surface area contributed by atoms with Crippen LogP contribution in [0.5, 0.6) is 0 Å². The normalized spacial score (nSPS) is 40.7. The smallest absolute Gasteiger partial charge is 0.172 e. The summed E-state index contributed by atoms with van der Waals surface area (Å²) in [5.74, 6) is 5.00. The van der Waals surface area contributed by atoms with E-state index in [1.807, 2.05) is 13.8 Å². The number of fused-ring (bicyclic) bond motifs is 5. The van der Waals surface area contributed by atoms with Crippen LogP contribution in [0.2, 0.25) is 0 Å². The Morgan fingerprint density at radius 1 is 1.00 bits per heavy atom. The maximum absolute atomic E-state index is 11.7. The number of rotatable bonds is 11. The van der Waals surface area contributed by atoms with Crippen LogP contribution in [0.25, 0.3) is 0 Å². The molecule has 8 unspecified atom stereocenters. The molecule has 4 rings (SSSR count). The summed E-state index contributed by atoms with van der Waals surface area (Å²) in [6, 6.07) is 0. The van der Waals surface area contributed by atoms with Gasteiger partial charge in [0.2, 0.25) is 0 Å². The van der Waals surface area contributed by atoms with Crippen LogP contribution in [0, 0.1) is 40.4 Å². The van der Waals surface area contributed by atoms with Crippen LogP contribution in [0.15, 0.2) is 0 Å². The molecular weight excluding hydrogens is 429 g/mol. The Balaban J connectivity index is 1.18. The van der Waals surface area contributed by atoms with E-state index in [0.29, 0.717) is 17.4 Å². The second-order valence-electron chi connectivity index (χ2n) is 12.6. The van der Waals surface area contributed by atoms with Gasteiger partial charge in [0, 0.05) is 0 Å². The van der Waals surface area contributed by atoms with Crippen molar-refractivity contribution in [1.29, 1.82) is 0 Å². The molecule has 5 heteroatoms. The van der Waals surface area contributed by atoms with Crippen molar-refractivity contribution in [2.45, 2.75) is 111 Å². The summed E-state index contributed by atoms with van der Waals surface area (Å²) in [6.07, 6.45) is 17.5. The number of hydrogen-bond acceptors (Lipinski definition) is 4. The van der Waals surface area contributed by atoms with Crippen LogP contribution in [0.4, 0.5) is 0 Å². The van der Waals surface area contributed by atoms with E-state index in [1.54, 1.807) is 0 Å². The molecule has 4 aliphatic rings. The monoisotopic (exact) mass is 479 g/mol. The minimum absolute atomic E-state index is 0.0939. The maximum Gasteiger partial charge on any atom is 0.172 e. The molecule has 0 aromatic heterocycles. The molecule has 4 fully saturated rings. The third-order valence-electron chi connectivity index (χ3n) is 10.6. The Labute approximate surface area is 205 Å². The summed E-state index contributed by atoms with van der Waals surface area (Å²) in [7, 11) is 0.207. The first-order valence-electron chi connectivity index (χ1n) is 14.1. The van der Waals surface area contributed by atoms with Gasteiger partial charge < -0.3 is 9.26 Å². The number of carbonyl (C=O) groups excluding carboxylic acids is 1. The highest BCUT2D eigenvalue weighted by Crippen LogP contribution is 2.67. The van der Waals surface area contributed by atoms with Crippen molar-refractivity contribution in [2.75, 3.05) is 19.8 Å². The lowest BCUT2D eigenvalue weighted by molar-refractivity contribution is -0.123. The van der Waals surface area contributed by atoms with Crippen LogP contribution in [-0.4, -0.2) is 31.6 Å². The Kier molecular flexibility index (Phi) is 8.97. The molecule has 8 atom stereocenters. The van der Waals surface area contributed by atoms with E-state index < -0.39 is 0 Å². The molecule has 1 N–H and O–H groups in total. The predicted octanol–water partition coefficient (Wildman–Crippen LogP) is 6.92. The fourth-order valence-electron chi connectivity index (χ4n) is 8.83. The Bertz CT molecular complexity index is 657. The first-order valence-corrected chi connectivity index (χ1v) is 15.0. The maximum atomic E-state index is 11.7. The van der Waals surface area contributed by atoms with Gasteiger partial charge in [0.1, 0.15) is 6.61 Å². The number of ether oxygens (including phenoxy) is 1. The molecular formula is C28H50NO3P. The minimum Gasteiger partial charge on any atom is -0.371 e. The van der Waals surface area contributed by atoms with Crippen molar-refractivity contribution < 1.29 is 14.1 Å². The second kappa shape index (κ2) is 11.4. The zero-order valence-electron chi connectivity index (χ0n) is 21.8. The van der Waals surface area contributed by atoms with Crippen molar-refractivity contribution in [3.63, 3.8) is 0 Å². The number of nitrogens with one attached hydrogen (secondary N) is 1. The fraction of sp³-hybridized carbons (Fsp3) is 0.964. The molecule has 4 nitrogen and oxygen atoms in total. The number of carbonyl (C=O) groups is 1. The molecule has 0 radical (unpaired) electrons. The van der Waals surface area contributed by atoms with Gasteiger partial charge in [-0.3, -0.25) is 9.88 Å². The average molecular weight is 480 g/mol. The minimum atomic E-state index is 0.0939. The lowest BCUT2D eigenvalue weighted by Gasteiger charge is -2.60.